The fourth-order valence-corrected chi connectivity index (χ4v) is 2.60. The summed E-state index contributed by atoms with van der Waals surface area (Å²) in [7, 11) is 1.73. The largest absolute Gasteiger partial charge is 0.409 e. The maximum absolute atomic E-state index is 12.7. The molecular formula is C15H21N3O2. The average Bonchev–Trinajstić information content (AvgIpc) is 2.45. The van der Waals surface area contributed by atoms with E-state index in [9.17, 15) is 4.79 Å². The molecule has 2 rings (SSSR count). The molecule has 1 fully saturated rings. The van der Waals surface area contributed by atoms with E-state index in [0.717, 1.165) is 18.5 Å². The van der Waals surface area contributed by atoms with Gasteiger partial charge in [-0.3, -0.25) is 4.79 Å². The number of aryl methyl sites for hydroxylation is 1. The molecule has 0 radical (unpaired) electrons. The number of hydrogen-bond acceptors (Lipinski definition) is 3. The van der Waals surface area contributed by atoms with Gasteiger partial charge in [-0.25, -0.2) is 0 Å². The third-order valence-corrected chi connectivity index (χ3v) is 4.25. The Bertz CT molecular complexity index is 518. The van der Waals surface area contributed by atoms with Gasteiger partial charge in [-0.2, -0.15) is 0 Å². The summed E-state index contributed by atoms with van der Waals surface area (Å²) in [6.07, 6.45) is 3.16. The van der Waals surface area contributed by atoms with E-state index >= 15 is 0 Å². The molecule has 0 atom stereocenters. The monoisotopic (exact) mass is 275 g/mol. The minimum absolute atomic E-state index is 0.0192. The third kappa shape index (κ3) is 2.24. The van der Waals surface area contributed by atoms with Crippen molar-refractivity contribution in [1.82, 2.24) is 0 Å². The summed E-state index contributed by atoms with van der Waals surface area (Å²) in [6.45, 7) is 2.09. The van der Waals surface area contributed by atoms with Crippen molar-refractivity contribution in [3.8, 4) is 0 Å². The highest BCUT2D eigenvalue weighted by molar-refractivity contribution is 6.13. The van der Waals surface area contributed by atoms with E-state index in [2.05, 4.69) is 12.1 Å². The van der Waals surface area contributed by atoms with Crippen molar-refractivity contribution >= 4 is 17.4 Å². The van der Waals surface area contributed by atoms with Crippen LogP contribution in [0.25, 0.3) is 0 Å². The Morgan fingerprint density at radius 1 is 1.40 bits per heavy atom. The molecule has 5 nitrogen and oxygen atoms in total. The molecule has 1 aliphatic carbocycles. The highest BCUT2D eigenvalue weighted by Crippen LogP contribution is 2.43. The Labute approximate surface area is 119 Å². The second-order valence-corrected chi connectivity index (χ2v) is 5.31. The second kappa shape index (κ2) is 5.53. The van der Waals surface area contributed by atoms with Crippen molar-refractivity contribution in [2.45, 2.75) is 32.6 Å². The summed E-state index contributed by atoms with van der Waals surface area (Å²) < 4.78 is 0. The zero-order valence-electron chi connectivity index (χ0n) is 12.0. The van der Waals surface area contributed by atoms with Gasteiger partial charge in [-0.05, 0) is 37.0 Å². The molecule has 3 N–H and O–H groups in total. The second-order valence-electron chi connectivity index (χ2n) is 5.31. The summed E-state index contributed by atoms with van der Waals surface area (Å²) in [5.41, 5.74) is 6.95. The van der Waals surface area contributed by atoms with E-state index in [-0.39, 0.29) is 11.7 Å². The smallest absolute Gasteiger partial charge is 0.240 e. The van der Waals surface area contributed by atoms with Gasteiger partial charge in [0.15, 0.2) is 5.84 Å². The topological polar surface area (TPSA) is 78.9 Å². The number of rotatable bonds is 4. The number of anilines is 1. The lowest BCUT2D eigenvalue weighted by atomic mass is 9.67. The molecule has 1 aliphatic rings. The molecule has 0 heterocycles. The first-order valence-corrected chi connectivity index (χ1v) is 6.90. The van der Waals surface area contributed by atoms with Crippen LogP contribution >= 0.6 is 0 Å². The molecular weight excluding hydrogens is 254 g/mol. The van der Waals surface area contributed by atoms with Crippen LogP contribution in [0.1, 0.15) is 31.7 Å². The minimum Gasteiger partial charge on any atom is -0.409 e. The summed E-state index contributed by atoms with van der Waals surface area (Å²) in [5.74, 6) is -0.0888. The van der Waals surface area contributed by atoms with Gasteiger partial charge in [-0.1, -0.05) is 30.6 Å². The molecule has 1 aromatic rings. The van der Waals surface area contributed by atoms with E-state index in [4.69, 9.17) is 10.9 Å². The number of hydrogen-bond donors (Lipinski definition) is 2. The predicted octanol–water partition coefficient (Wildman–Crippen LogP) is 2.13. The van der Waals surface area contributed by atoms with Crippen LogP contribution in [0.15, 0.2) is 29.4 Å². The van der Waals surface area contributed by atoms with Gasteiger partial charge < -0.3 is 15.8 Å². The van der Waals surface area contributed by atoms with Gasteiger partial charge in [0.25, 0.3) is 0 Å². The van der Waals surface area contributed by atoms with E-state index in [1.165, 1.54) is 5.56 Å². The number of oxime groups is 1. The Hall–Kier alpha value is -2.04. The van der Waals surface area contributed by atoms with Gasteiger partial charge >= 0.3 is 0 Å². The summed E-state index contributed by atoms with van der Waals surface area (Å²) in [5, 5.41) is 12.0. The molecule has 0 spiro atoms. The van der Waals surface area contributed by atoms with Crippen LogP contribution < -0.4 is 10.6 Å². The van der Waals surface area contributed by atoms with Crippen molar-refractivity contribution in [1.29, 1.82) is 0 Å². The fourth-order valence-electron chi connectivity index (χ4n) is 2.60. The van der Waals surface area contributed by atoms with Crippen molar-refractivity contribution in [3.05, 3.63) is 29.8 Å². The van der Waals surface area contributed by atoms with E-state index in [0.29, 0.717) is 12.8 Å². The SMILES string of the molecule is CCc1ccc(N(C)C(=O)C2(/C(N)=N/O)CCC2)cc1. The quantitative estimate of drug-likeness (QED) is 0.382. The van der Waals surface area contributed by atoms with Crippen molar-refractivity contribution in [2.24, 2.45) is 16.3 Å². The first-order chi connectivity index (χ1) is 9.55. The molecule has 1 aromatic carbocycles. The molecule has 20 heavy (non-hydrogen) atoms. The Morgan fingerprint density at radius 2 is 2.00 bits per heavy atom. The first kappa shape index (κ1) is 14.4. The zero-order valence-corrected chi connectivity index (χ0v) is 12.0. The lowest BCUT2D eigenvalue weighted by Crippen LogP contribution is -2.54. The molecule has 0 bridgehead atoms. The molecule has 5 heteroatoms. The van der Waals surface area contributed by atoms with Crippen LogP contribution in [-0.4, -0.2) is 24.0 Å². The van der Waals surface area contributed by atoms with Crippen molar-refractivity contribution in [3.63, 3.8) is 0 Å². The normalized spacial score (nSPS) is 17.4. The standard InChI is InChI=1S/C15H21N3O2/c1-3-11-5-7-12(8-6-11)18(2)14(19)15(9-4-10-15)13(16)17-20/h5-8,20H,3-4,9-10H2,1-2H3,(H2,16,17). The number of amides is 1. The summed E-state index contributed by atoms with van der Waals surface area (Å²) in [6, 6.07) is 7.87. The summed E-state index contributed by atoms with van der Waals surface area (Å²) in [4.78, 5) is 14.3. The predicted molar refractivity (Wildman–Crippen MR) is 78.9 cm³/mol. The van der Waals surface area contributed by atoms with Crippen LogP contribution in [0.4, 0.5) is 5.69 Å². The molecule has 0 aromatic heterocycles. The number of nitrogens with zero attached hydrogens (tertiary/aromatic N) is 2. The maximum atomic E-state index is 12.7. The van der Waals surface area contributed by atoms with Gasteiger partial charge in [0.2, 0.25) is 5.91 Å². The van der Waals surface area contributed by atoms with E-state index in [1.54, 1.807) is 11.9 Å². The van der Waals surface area contributed by atoms with E-state index in [1.807, 2.05) is 24.3 Å². The average molecular weight is 275 g/mol. The number of carbonyl (C=O) groups excluding carboxylic acids is 1. The van der Waals surface area contributed by atoms with Gasteiger partial charge in [0, 0.05) is 12.7 Å². The fraction of sp³-hybridized carbons (Fsp3) is 0.467. The Balaban J connectivity index is 2.23. The maximum Gasteiger partial charge on any atom is 0.240 e. The van der Waals surface area contributed by atoms with Crippen LogP contribution in [0.3, 0.4) is 0 Å². The highest BCUT2D eigenvalue weighted by Gasteiger charge is 2.49. The first-order valence-electron chi connectivity index (χ1n) is 6.90. The van der Waals surface area contributed by atoms with Gasteiger partial charge in [-0.15, -0.1) is 0 Å². The third-order valence-electron chi connectivity index (χ3n) is 4.25. The Morgan fingerprint density at radius 3 is 2.40 bits per heavy atom. The number of amidine groups is 1. The lowest BCUT2D eigenvalue weighted by Gasteiger charge is -2.41. The number of nitrogens with two attached hydrogens (primary N) is 1. The van der Waals surface area contributed by atoms with Crippen LogP contribution in [-0.2, 0) is 11.2 Å². The minimum atomic E-state index is -0.826. The Kier molecular flexibility index (Phi) is 3.97. The molecule has 108 valence electrons. The van der Waals surface area contributed by atoms with Gasteiger partial charge in [0.1, 0.15) is 5.41 Å². The zero-order chi connectivity index (χ0) is 14.8. The van der Waals surface area contributed by atoms with Crippen LogP contribution in [0, 0.1) is 5.41 Å². The van der Waals surface area contributed by atoms with Gasteiger partial charge in [0.05, 0.1) is 0 Å². The van der Waals surface area contributed by atoms with Crippen molar-refractivity contribution < 1.29 is 10.0 Å². The number of benzene rings is 1. The highest BCUT2D eigenvalue weighted by atomic mass is 16.4. The lowest BCUT2D eigenvalue weighted by molar-refractivity contribution is -0.128. The molecule has 1 saturated carbocycles. The molecule has 0 unspecified atom stereocenters. The van der Waals surface area contributed by atoms with E-state index < -0.39 is 5.41 Å². The molecule has 0 saturated heterocycles. The summed E-state index contributed by atoms with van der Waals surface area (Å²) >= 11 is 0. The molecule has 1 amide bonds. The molecule has 0 aliphatic heterocycles. The van der Waals surface area contributed by atoms with Crippen molar-refractivity contribution in [2.75, 3.05) is 11.9 Å². The van der Waals surface area contributed by atoms with Crippen LogP contribution in [0.5, 0.6) is 0 Å². The van der Waals surface area contributed by atoms with Crippen LogP contribution in [0.2, 0.25) is 0 Å². The number of carbonyl (C=O) groups is 1.